The number of morpholine rings is 1. The van der Waals surface area contributed by atoms with Crippen LogP contribution in [0.4, 0.5) is 0 Å². The van der Waals surface area contributed by atoms with Crippen LogP contribution < -0.4 is 5.32 Å². The molecule has 0 bridgehead atoms. The number of amides is 1. The van der Waals surface area contributed by atoms with E-state index in [0.29, 0.717) is 5.69 Å². The molecule has 2 heterocycles. The number of hydrogen-bond acceptors (Lipinski definition) is 4. The summed E-state index contributed by atoms with van der Waals surface area (Å²) in [5, 5.41) is 10.9. The molecule has 2 aromatic rings. The van der Waals surface area contributed by atoms with Gasteiger partial charge in [-0.25, -0.2) is 0 Å². The van der Waals surface area contributed by atoms with Gasteiger partial charge in [0.1, 0.15) is 0 Å². The van der Waals surface area contributed by atoms with Crippen LogP contribution in [-0.2, 0) is 4.74 Å². The van der Waals surface area contributed by atoms with E-state index < -0.39 is 0 Å². The Kier molecular flexibility index (Phi) is 4.17. The van der Waals surface area contributed by atoms with Gasteiger partial charge in [0.05, 0.1) is 18.7 Å². The Hall–Kier alpha value is -1.92. The van der Waals surface area contributed by atoms with E-state index in [1.54, 1.807) is 0 Å². The standard InChI is InChI=1S/C15H20N4O2/c1-11(10-19-6-8-21-9-7-19)16-15(20)14-12-4-2-3-5-13(12)17-18-14/h2-5,11H,6-10H2,1H3,(H,16,20)(H,17,18). The van der Waals surface area contributed by atoms with Crippen molar-refractivity contribution in [2.75, 3.05) is 32.8 Å². The summed E-state index contributed by atoms with van der Waals surface area (Å²) < 4.78 is 5.33. The van der Waals surface area contributed by atoms with E-state index in [1.165, 1.54) is 0 Å². The molecule has 1 atom stereocenters. The van der Waals surface area contributed by atoms with Gasteiger partial charge in [0, 0.05) is 31.1 Å². The van der Waals surface area contributed by atoms with Crippen LogP contribution in [0, 0.1) is 0 Å². The van der Waals surface area contributed by atoms with Crippen molar-refractivity contribution in [2.45, 2.75) is 13.0 Å². The first-order valence-electron chi connectivity index (χ1n) is 7.28. The van der Waals surface area contributed by atoms with E-state index in [-0.39, 0.29) is 11.9 Å². The van der Waals surface area contributed by atoms with Crippen molar-refractivity contribution < 1.29 is 9.53 Å². The summed E-state index contributed by atoms with van der Waals surface area (Å²) in [6.07, 6.45) is 0. The number of nitrogens with zero attached hydrogens (tertiary/aromatic N) is 2. The Bertz CT molecular complexity index is 619. The van der Waals surface area contributed by atoms with Gasteiger partial charge in [-0.05, 0) is 13.0 Å². The second kappa shape index (κ2) is 6.24. The predicted molar refractivity (Wildman–Crippen MR) is 80.3 cm³/mol. The summed E-state index contributed by atoms with van der Waals surface area (Å²) in [7, 11) is 0. The average Bonchev–Trinajstić information content (AvgIpc) is 2.92. The molecule has 112 valence electrons. The minimum Gasteiger partial charge on any atom is -0.379 e. The van der Waals surface area contributed by atoms with Gasteiger partial charge < -0.3 is 10.1 Å². The van der Waals surface area contributed by atoms with E-state index in [0.717, 1.165) is 43.8 Å². The minimum atomic E-state index is -0.131. The molecule has 1 aliphatic rings. The van der Waals surface area contributed by atoms with Crippen LogP contribution in [0.15, 0.2) is 24.3 Å². The number of ether oxygens (including phenoxy) is 1. The molecule has 1 unspecified atom stereocenters. The summed E-state index contributed by atoms with van der Waals surface area (Å²) >= 11 is 0. The second-order valence-corrected chi connectivity index (χ2v) is 5.41. The van der Waals surface area contributed by atoms with Crippen molar-refractivity contribution in [1.29, 1.82) is 0 Å². The molecule has 1 saturated heterocycles. The summed E-state index contributed by atoms with van der Waals surface area (Å²) in [4.78, 5) is 14.6. The molecule has 3 rings (SSSR count). The van der Waals surface area contributed by atoms with Crippen molar-refractivity contribution in [1.82, 2.24) is 20.4 Å². The molecule has 6 nitrogen and oxygen atoms in total. The highest BCUT2D eigenvalue weighted by molar-refractivity contribution is 6.04. The van der Waals surface area contributed by atoms with Crippen LogP contribution >= 0.6 is 0 Å². The highest BCUT2D eigenvalue weighted by atomic mass is 16.5. The quantitative estimate of drug-likeness (QED) is 0.881. The lowest BCUT2D eigenvalue weighted by Gasteiger charge is -2.29. The monoisotopic (exact) mass is 288 g/mol. The minimum absolute atomic E-state index is 0.0751. The maximum absolute atomic E-state index is 12.3. The fourth-order valence-corrected chi connectivity index (χ4v) is 2.65. The first-order chi connectivity index (χ1) is 10.2. The molecular formula is C15H20N4O2. The molecule has 1 aromatic carbocycles. The number of para-hydroxylation sites is 1. The predicted octanol–water partition coefficient (Wildman–Crippen LogP) is 1.01. The lowest BCUT2D eigenvalue weighted by Crippen LogP contribution is -2.46. The van der Waals surface area contributed by atoms with Gasteiger partial charge in [-0.3, -0.25) is 14.8 Å². The number of hydrogen-bond donors (Lipinski definition) is 2. The zero-order valence-electron chi connectivity index (χ0n) is 12.1. The Balaban J connectivity index is 1.62. The van der Waals surface area contributed by atoms with Gasteiger partial charge in [-0.15, -0.1) is 0 Å². The van der Waals surface area contributed by atoms with Crippen molar-refractivity contribution in [3.63, 3.8) is 0 Å². The zero-order valence-corrected chi connectivity index (χ0v) is 12.1. The topological polar surface area (TPSA) is 70.2 Å². The summed E-state index contributed by atoms with van der Waals surface area (Å²) in [6, 6.07) is 7.72. The molecule has 0 spiro atoms. The molecule has 2 N–H and O–H groups in total. The molecule has 21 heavy (non-hydrogen) atoms. The Morgan fingerprint density at radius 1 is 1.43 bits per heavy atom. The smallest absolute Gasteiger partial charge is 0.272 e. The summed E-state index contributed by atoms with van der Waals surface area (Å²) in [5.74, 6) is -0.131. The number of H-pyrrole nitrogens is 1. The van der Waals surface area contributed by atoms with Crippen molar-refractivity contribution >= 4 is 16.8 Å². The number of carbonyl (C=O) groups is 1. The van der Waals surface area contributed by atoms with E-state index in [2.05, 4.69) is 20.4 Å². The molecular weight excluding hydrogens is 268 g/mol. The van der Waals surface area contributed by atoms with E-state index in [4.69, 9.17) is 4.74 Å². The third kappa shape index (κ3) is 3.22. The largest absolute Gasteiger partial charge is 0.379 e. The highest BCUT2D eigenvalue weighted by Gasteiger charge is 2.18. The number of nitrogens with one attached hydrogen (secondary N) is 2. The zero-order chi connectivity index (χ0) is 14.7. The fraction of sp³-hybridized carbons (Fsp3) is 0.467. The van der Waals surface area contributed by atoms with Crippen LogP contribution in [0.1, 0.15) is 17.4 Å². The number of fused-ring (bicyclic) bond motifs is 1. The van der Waals surface area contributed by atoms with E-state index >= 15 is 0 Å². The van der Waals surface area contributed by atoms with Gasteiger partial charge in [0.15, 0.2) is 5.69 Å². The first kappa shape index (κ1) is 14.0. The number of rotatable bonds is 4. The van der Waals surface area contributed by atoms with Gasteiger partial charge in [0.25, 0.3) is 5.91 Å². The highest BCUT2D eigenvalue weighted by Crippen LogP contribution is 2.14. The normalized spacial score (nSPS) is 17.8. The second-order valence-electron chi connectivity index (χ2n) is 5.41. The molecule has 6 heteroatoms. The number of carbonyl (C=O) groups excluding carboxylic acids is 1. The van der Waals surface area contributed by atoms with Gasteiger partial charge in [0.2, 0.25) is 0 Å². The first-order valence-corrected chi connectivity index (χ1v) is 7.28. The Morgan fingerprint density at radius 3 is 3.00 bits per heavy atom. The molecule has 1 fully saturated rings. The molecule has 1 aromatic heterocycles. The Labute approximate surface area is 123 Å². The molecule has 0 radical (unpaired) electrons. The van der Waals surface area contributed by atoms with Crippen molar-refractivity contribution in [2.24, 2.45) is 0 Å². The molecule has 0 saturated carbocycles. The molecule has 1 aliphatic heterocycles. The van der Waals surface area contributed by atoms with Crippen molar-refractivity contribution in [3.05, 3.63) is 30.0 Å². The SMILES string of the molecule is CC(CN1CCOCC1)NC(=O)c1n[nH]c2ccccc12. The summed E-state index contributed by atoms with van der Waals surface area (Å²) in [6.45, 7) is 6.23. The van der Waals surface area contributed by atoms with Gasteiger partial charge in [-0.2, -0.15) is 5.10 Å². The van der Waals surface area contributed by atoms with E-state index in [9.17, 15) is 4.79 Å². The van der Waals surface area contributed by atoms with Crippen molar-refractivity contribution in [3.8, 4) is 0 Å². The summed E-state index contributed by atoms with van der Waals surface area (Å²) in [5.41, 5.74) is 1.34. The number of aromatic nitrogens is 2. The number of benzene rings is 1. The molecule has 1 amide bonds. The third-order valence-electron chi connectivity index (χ3n) is 3.70. The van der Waals surface area contributed by atoms with Crippen LogP contribution in [-0.4, -0.2) is 59.9 Å². The average molecular weight is 288 g/mol. The maximum Gasteiger partial charge on any atom is 0.272 e. The third-order valence-corrected chi connectivity index (χ3v) is 3.70. The van der Waals surface area contributed by atoms with Crippen LogP contribution in [0.25, 0.3) is 10.9 Å². The van der Waals surface area contributed by atoms with Crippen LogP contribution in [0.2, 0.25) is 0 Å². The lowest BCUT2D eigenvalue weighted by molar-refractivity contribution is 0.0342. The Morgan fingerprint density at radius 2 is 2.19 bits per heavy atom. The van der Waals surface area contributed by atoms with E-state index in [1.807, 2.05) is 31.2 Å². The number of aromatic amines is 1. The fourth-order valence-electron chi connectivity index (χ4n) is 2.65. The molecule has 0 aliphatic carbocycles. The maximum atomic E-state index is 12.3. The van der Waals surface area contributed by atoms with Crippen LogP contribution in [0.5, 0.6) is 0 Å². The lowest BCUT2D eigenvalue weighted by atomic mass is 10.2. The van der Waals surface area contributed by atoms with Crippen LogP contribution in [0.3, 0.4) is 0 Å². The van der Waals surface area contributed by atoms with Gasteiger partial charge >= 0.3 is 0 Å². The van der Waals surface area contributed by atoms with Gasteiger partial charge in [-0.1, -0.05) is 18.2 Å².